The van der Waals surface area contributed by atoms with Crippen molar-refractivity contribution in [3.8, 4) is 0 Å². The quantitative estimate of drug-likeness (QED) is 0.818. The molecule has 0 spiro atoms. The zero-order chi connectivity index (χ0) is 12.1. The summed E-state index contributed by atoms with van der Waals surface area (Å²) in [5.74, 6) is 0.880. The third kappa shape index (κ3) is 3.96. The Hall–Kier alpha value is -0.0800. The number of hydrogen-bond acceptors (Lipinski definition) is 2. The molecule has 0 radical (unpaired) electrons. The van der Waals surface area contributed by atoms with E-state index < -0.39 is 0 Å². The van der Waals surface area contributed by atoms with Gasteiger partial charge in [0.05, 0.1) is 0 Å². The first-order valence-electron chi connectivity index (χ1n) is 7.79. The van der Waals surface area contributed by atoms with Crippen LogP contribution in [0.5, 0.6) is 0 Å². The molecule has 2 N–H and O–H groups in total. The van der Waals surface area contributed by atoms with Crippen LogP contribution in [0.15, 0.2) is 0 Å². The molecule has 100 valence electrons. The van der Waals surface area contributed by atoms with Crippen LogP contribution in [0.4, 0.5) is 0 Å². The first-order chi connectivity index (χ1) is 8.29. The van der Waals surface area contributed by atoms with Crippen molar-refractivity contribution in [3.05, 3.63) is 0 Å². The molecule has 17 heavy (non-hydrogen) atoms. The predicted molar refractivity (Wildman–Crippen MR) is 74.1 cm³/mol. The van der Waals surface area contributed by atoms with Crippen molar-refractivity contribution in [1.29, 1.82) is 0 Å². The molecular formula is C15H30N2. The van der Waals surface area contributed by atoms with Crippen LogP contribution in [0.2, 0.25) is 0 Å². The molecule has 1 saturated heterocycles. The fourth-order valence-electron chi connectivity index (χ4n) is 3.77. The zero-order valence-corrected chi connectivity index (χ0v) is 11.5. The highest BCUT2D eigenvalue weighted by molar-refractivity contribution is 4.81. The Kier molecular flexibility index (Phi) is 5.30. The normalized spacial score (nSPS) is 36.7. The average Bonchev–Trinajstić information content (AvgIpc) is 2.54. The minimum atomic E-state index is 0.487. The van der Waals surface area contributed by atoms with E-state index in [4.69, 9.17) is 5.73 Å². The summed E-state index contributed by atoms with van der Waals surface area (Å²) < 4.78 is 0. The molecular weight excluding hydrogens is 208 g/mol. The average molecular weight is 238 g/mol. The van der Waals surface area contributed by atoms with E-state index in [0.29, 0.717) is 6.04 Å². The summed E-state index contributed by atoms with van der Waals surface area (Å²) in [4.78, 5) is 2.79. The SMILES string of the molecule is CCC1CCCCCN1CC1CCCC(N)C1. The predicted octanol–water partition coefficient (Wildman–Crippen LogP) is 3.16. The van der Waals surface area contributed by atoms with Gasteiger partial charge in [-0.15, -0.1) is 0 Å². The van der Waals surface area contributed by atoms with Crippen LogP contribution in [-0.4, -0.2) is 30.1 Å². The van der Waals surface area contributed by atoms with Crippen molar-refractivity contribution in [3.63, 3.8) is 0 Å². The Bertz CT molecular complexity index is 217. The molecule has 2 rings (SSSR count). The molecule has 2 aliphatic rings. The molecule has 1 saturated carbocycles. The fourth-order valence-corrected chi connectivity index (χ4v) is 3.77. The molecule has 2 fully saturated rings. The van der Waals surface area contributed by atoms with Gasteiger partial charge in [-0.2, -0.15) is 0 Å². The summed E-state index contributed by atoms with van der Waals surface area (Å²) >= 11 is 0. The van der Waals surface area contributed by atoms with Gasteiger partial charge in [-0.1, -0.05) is 26.2 Å². The van der Waals surface area contributed by atoms with Crippen molar-refractivity contribution in [2.24, 2.45) is 11.7 Å². The van der Waals surface area contributed by atoms with E-state index in [0.717, 1.165) is 12.0 Å². The van der Waals surface area contributed by atoms with Gasteiger partial charge in [-0.3, -0.25) is 0 Å². The van der Waals surface area contributed by atoms with Crippen molar-refractivity contribution in [2.45, 2.75) is 76.8 Å². The molecule has 0 aromatic heterocycles. The molecule has 1 aliphatic carbocycles. The van der Waals surface area contributed by atoms with Crippen molar-refractivity contribution < 1.29 is 0 Å². The van der Waals surface area contributed by atoms with Crippen LogP contribution < -0.4 is 5.73 Å². The highest BCUT2D eigenvalue weighted by Crippen LogP contribution is 2.27. The Balaban J connectivity index is 1.85. The van der Waals surface area contributed by atoms with Crippen LogP contribution in [0.25, 0.3) is 0 Å². The summed E-state index contributed by atoms with van der Waals surface area (Å²) in [6, 6.07) is 1.34. The molecule has 2 heteroatoms. The number of nitrogens with two attached hydrogens (primary N) is 1. The molecule has 0 bridgehead atoms. The van der Waals surface area contributed by atoms with Crippen LogP contribution in [0, 0.1) is 5.92 Å². The Morgan fingerprint density at radius 1 is 1.06 bits per heavy atom. The van der Waals surface area contributed by atoms with Gasteiger partial charge < -0.3 is 10.6 Å². The molecule has 3 atom stereocenters. The third-order valence-corrected chi connectivity index (χ3v) is 4.79. The summed E-state index contributed by atoms with van der Waals surface area (Å²) in [5, 5.41) is 0. The van der Waals surface area contributed by atoms with E-state index in [-0.39, 0.29) is 0 Å². The molecule has 3 unspecified atom stereocenters. The number of hydrogen-bond donors (Lipinski definition) is 1. The highest BCUT2D eigenvalue weighted by Gasteiger charge is 2.25. The standard InChI is InChI=1S/C15H30N2/c1-2-15-9-4-3-5-10-17(15)12-13-7-6-8-14(16)11-13/h13-15H,2-12,16H2,1H3. The second-order valence-electron chi connectivity index (χ2n) is 6.20. The van der Waals surface area contributed by atoms with Crippen LogP contribution in [0.3, 0.4) is 0 Å². The van der Waals surface area contributed by atoms with Gasteiger partial charge in [0.25, 0.3) is 0 Å². The van der Waals surface area contributed by atoms with E-state index in [2.05, 4.69) is 11.8 Å². The number of likely N-dealkylation sites (tertiary alicyclic amines) is 1. The van der Waals surface area contributed by atoms with Crippen molar-refractivity contribution in [2.75, 3.05) is 13.1 Å². The van der Waals surface area contributed by atoms with Crippen molar-refractivity contribution in [1.82, 2.24) is 4.90 Å². The molecule has 0 aromatic carbocycles. The summed E-state index contributed by atoms with van der Waals surface area (Å²) in [6.45, 7) is 5.02. The van der Waals surface area contributed by atoms with E-state index in [1.807, 2.05) is 0 Å². The summed E-state index contributed by atoms with van der Waals surface area (Å²) in [6.07, 6.45) is 12.4. The lowest BCUT2D eigenvalue weighted by Crippen LogP contribution is -2.40. The molecule has 2 nitrogen and oxygen atoms in total. The fraction of sp³-hybridized carbons (Fsp3) is 1.00. The van der Waals surface area contributed by atoms with Gasteiger partial charge >= 0.3 is 0 Å². The van der Waals surface area contributed by atoms with Gasteiger partial charge in [-0.25, -0.2) is 0 Å². The van der Waals surface area contributed by atoms with E-state index >= 15 is 0 Å². The third-order valence-electron chi connectivity index (χ3n) is 4.79. The second-order valence-corrected chi connectivity index (χ2v) is 6.20. The van der Waals surface area contributed by atoms with Crippen LogP contribution in [0.1, 0.15) is 64.7 Å². The van der Waals surface area contributed by atoms with E-state index in [9.17, 15) is 0 Å². The number of rotatable bonds is 3. The summed E-state index contributed by atoms with van der Waals surface area (Å²) in [7, 11) is 0. The maximum Gasteiger partial charge on any atom is 0.00927 e. The lowest BCUT2D eigenvalue weighted by molar-refractivity contribution is 0.143. The molecule has 1 aliphatic heterocycles. The molecule has 0 aromatic rings. The van der Waals surface area contributed by atoms with Gasteiger partial charge in [0.1, 0.15) is 0 Å². The van der Waals surface area contributed by atoms with Gasteiger partial charge in [-0.05, 0) is 51.0 Å². The smallest absolute Gasteiger partial charge is 0.00927 e. The minimum absolute atomic E-state index is 0.487. The van der Waals surface area contributed by atoms with Gasteiger partial charge in [0.15, 0.2) is 0 Å². The highest BCUT2D eigenvalue weighted by atomic mass is 15.2. The van der Waals surface area contributed by atoms with Crippen LogP contribution >= 0.6 is 0 Å². The molecule has 0 amide bonds. The Morgan fingerprint density at radius 2 is 1.94 bits per heavy atom. The lowest BCUT2D eigenvalue weighted by Gasteiger charge is -2.35. The summed E-state index contributed by atoms with van der Waals surface area (Å²) in [5.41, 5.74) is 6.11. The molecule has 1 heterocycles. The maximum atomic E-state index is 6.11. The van der Waals surface area contributed by atoms with E-state index in [1.165, 1.54) is 70.9 Å². The maximum absolute atomic E-state index is 6.11. The first kappa shape index (κ1) is 13.4. The Labute approximate surface area is 107 Å². The lowest BCUT2D eigenvalue weighted by atomic mass is 9.85. The van der Waals surface area contributed by atoms with Gasteiger partial charge in [0.2, 0.25) is 0 Å². The monoisotopic (exact) mass is 238 g/mol. The zero-order valence-electron chi connectivity index (χ0n) is 11.5. The largest absolute Gasteiger partial charge is 0.328 e. The van der Waals surface area contributed by atoms with Crippen molar-refractivity contribution >= 4 is 0 Å². The van der Waals surface area contributed by atoms with Crippen LogP contribution in [-0.2, 0) is 0 Å². The Morgan fingerprint density at radius 3 is 2.71 bits per heavy atom. The number of nitrogens with zero attached hydrogens (tertiary/aromatic N) is 1. The first-order valence-corrected chi connectivity index (χ1v) is 7.79. The second kappa shape index (κ2) is 6.75. The van der Waals surface area contributed by atoms with Gasteiger partial charge in [0, 0.05) is 18.6 Å². The van der Waals surface area contributed by atoms with E-state index in [1.54, 1.807) is 0 Å². The minimum Gasteiger partial charge on any atom is -0.328 e. The topological polar surface area (TPSA) is 29.3 Å².